The van der Waals surface area contributed by atoms with Crippen molar-refractivity contribution in [3.05, 3.63) is 52.9 Å². The molecule has 0 unspecified atom stereocenters. The minimum atomic E-state index is 0.441. The fourth-order valence-corrected chi connectivity index (χ4v) is 2.44. The van der Waals surface area contributed by atoms with Gasteiger partial charge >= 0.3 is 0 Å². The summed E-state index contributed by atoms with van der Waals surface area (Å²) < 4.78 is 12.1. The van der Waals surface area contributed by atoms with Crippen LogP contribution in [0.3, 0.4) is 0 Å². The van der Waals surface area contributed by atoms with E-state index in [9.17, 15) is 0 Å². The van der Waals surface area contributed by atoms with Crippen molar-refractivity contribution in [1.29, 1.82) is 0 Å². The van der Waals surface area contributed by atoms with E-state index in [4.69, 9.17) is 9.47 Å². The van der Waals surface area contributed by atoms with Crippen molar-refractivity contribution in [3.8, 4) is 5.88 Å². The molecular formula is C15H14BrN3O2. The average Bonchev–Trinajstić information content (AvgIpc) is 2.90. The van der Waals surface area contributed by atoms with Gasteiger partial charge in [0, 0.05) is 10.7 Å². The quantitative estimate of drug-likeness (QED) is 0.695. The highest BCUT2D eigenvalue weighted by molar-refractivity contribution is 9.10. The van der Waals surface area contributed by atoms with E-state index in [1.807, 2.05) is 36.5 Å². The van der Waals surface area contributed by atoms with Crippen LogP contribution in [-0.4, -0.2) is 28.2 Å². The molecule has 0 saturated carbocycles. The first-order valence-corrected chi connectivity index (χ1v) is 7.36. The summed E-state index contributed by atoms with van der Waals surface area (Å²) in [5.74, 6) is 0.552. The van der Waals surface area contributed by atoms with Crippen LogP contribution >= 0.6 is 15.9 Å². The topological polar surface area (TPSA) is 60.0 Å². The van der Waals surface area contributed by atoms with Crippen molar-refractivity contribution in [2.45, 2.75) is 6.61 Å². The van der Waals surface area contributed by atoms with Crippen molar-refractivity contribution < 1.29 is 9.47 Å². The Morgan fingerprint density at radius 2 is 1.95 bits per heavy atom. The van der Waals surface area contributed by atoms with Gasteiger partial charge in [0.15, 0.2) is 0 Å². The highest BCUT2D eigenvalue weighted by Gasteiger charge is 2.10. The Balaban J connectivity index is 1.52. The van der Waals surface area contributed by atoms with E-state index in [0.29, 0.717) is 25.7 Å². The maximum atomic E-state index is 5.67. The molecule has 6 heteroatoms. The predicted molar refractivity (Wildman–Crippen MR) is 83.2 cm³/mol. The second kappa shape index (κ2) is 6.69. The van der Waals surface area contributed by atoms with Gasteiger partial charge in [0.25, 0.3) is 0 Å². The van der Waals surface area contributed by atoms with Crippen LogP contribution in [0.2, 0.25) is 0 Å². The molecule has 0 aliphatic heterocycles. The van der Waals surface area contributed by atoms with Crippen molar-refractivity contribution in [2.75, 3.05) is 13.2 Å². The van der Waals surface area contributed by atoms with Gasteiger partial charge in [-0.15, -0.1) is 0 Å². The number of nitrogens with one attached hydrogen (secondary N) is 1. The van der Waals surface area contributed by atoms with Gasteiger partial charge in [-0.1, -0.05) is 30.3 Å². The maximum Gasteiger partial charge on any atom is 0.227 e. The molecule has 0 radical (unpaired) electrons. The van der Waals surface area contributed by atoms with Crippen LogP contribution in [-0.2, 0) is 11.3 Å². The van der Waals surface area contributed by atoms with Gasteiger partial charge in [-0.2, -0.15) is 0 Å². The third-order valence-electron chi connectivity index (χ3n) is 2.96. The molecule has 21 heavy (non-hydrogen) atoms. The summed E-state index contributed by atoms with van der Waals surface area (Å²) in [6.45, 7) is 1.52. The van der Waals surface area contributed by atoms with Gasteiger partial charge in [-0.05, 0) is 21.5 Å². The summed E-state index contributed by atoms with van der Waals surface area (Å²) in [6, 6.07) is 10.0. The van der Waals surface area contributed by atoms with E-state index in [1.165, 1.54) is 6.33 Å². The van der Waals surface area contributed by atoms with Crippen molar-refractivity contribution in [2.24, 2.45) is 0 Å². The molecule has 3 aromatic rings. The summed E-state index contributed by atoms with van der Waals surface area (Å²) in [5.41, 5.74) is 1.90. The predicted octanol–water partition coefficient (Wildman–Crippen LogP) is 3.32. The van der Waals surface area contributed by atoms with Crippen molar-refractivity contribution in [1.82, 2.24) is 15.0 Å². The maximum absolute atomic E-state index is 5.67. The van der Waals surface area contributed by atoms with E-state index in [-0.39, 0.29) is 0 Å². The second-order valence-corrected chi connectivity index (χ2v) is 5.28. The Hall–Kier alpha value is -1.92. The van der Waals surface area contributed by atoms with Crippen LogP contribution in [0.5, 0.6) is 5.88 Å². The largest absolute Gasteiger partial charge is 0.475 e. The Morgan fingerprint density at radius 3 is 2.81 bits per heavy atom. The molecule has 0 fully saturated rings. The fourth-order valence-electron chi connectivity index (χ4n) is 1.97. The van der Waals surface area contributed by atoms with Gasteiger partial charge in [0.2, 0.25) is 5.88 Å². The number of hydrogen-bond acceptors (Lipinski definition) is 4. The van der Waals surface area contributed by atoms with Gasteiger partial charge in [0.1, 0.15) is 18.6 Å². The van der Waals surface area contributed by atoms with Crippen LogP contribution in [0, 0.1) is 0 Å². The fraction of sp³-hybridized carbons (Fsp3) is 0.200. The number of H-pyrrole nitrogens is 1. The molecule has 0 aliphatic carbocycles. The number of fused-ring (bicyclic) bond motifs is 1. The Bertz CT molecular complexity index is 715. The molecule has 0 atom stereocenters. The van der Waals surface area contributed by atoms with Crippen LogP contribution in [0.25, 0.3) is 11.0 Å². The highest BCUT2D eigenvalue weighted by atomic mass is 79.9. The summed E-state index contributed by atoms with van der Waals surface area (Å²) in [4.78, 5) is 11.3. The lowest BCUT2D eigenvalue weighted by atomic mass is 10.2. The third-order valence-corrected chi connectivity index (χ3v) is 3.59. The summed E-state index contributed by atoms with van der Waals surface area (Å²) in [5, 5.41) is 0.848. The van der Waals surface area contributed by atoms with Gasteiger partial charge in [0.05, 0.1) is 18.6 Å². The molecule has 5 nitrogen and oxygen atoms in total. The lowest BCUT2D eigenvalue weighted by Gasteiger charge is -2.07. The lowest BCUT2D eigenvalue weighted by molar-refractivity contribution is 0.0880. The van der Waals surface area contributed by atoms with Gasteiger partial charge in [-0.25, -0.2) is 9.97 Å². The molecule has 1 aromatic carbocycles. The SMILES string of the molecule is Brc1c[nH]c2ncnc(OCCOCc3ccccc3)c12. The molecule has 0 spiro atoms. The van der Waals surface area contributed by atoms with E-state index >= 15 is 0 Å². The summed E-state index contributed by atoms with van der Waals surface area (Å²) in [6.07, 6.45) is 3.30. The first-order chi connectivity index (χ1) is 10.3. The molecule has 0 bridgehead atoms. The zero-order valence-corrected chi connectivity index (χ0v) is 12.8. The van der Waals surface area contributed by atoms with Gasteiger partial charge in [-0.3, -0.25) is 0 Å². The molecule has 2 heterocycles. The first-order valence-electron chi connectivity index (χ1n) is 6.56. The number of benzene rings is 1. The molecular weight excluding hydrogens is 334 g/mol. The molecule has 0 saturated heterocycles. The van der Waals surface area contributed by atoms with Gasteiger partial charge < -0.3 is 14.5 Å². The number of aromatic amines is 1. The van der Waals surface area contributed by atoms with Crippen LogP contribution < -0.4 is 4.74 Å². The van der Waals surface area contributed by atoms with Crippen LogP contribution in [0.1, 0.15) is 5.56 Å². The third kappa shape index (κ3) is 3.40. The molecule has 3 rings (SSSR count). The number of halogens is 1. The molecule has 1 N–H and O–H groups in total. The smallest absolute Gasteiger partial charge is 0.227 e. The lowest BCUT2D eigenvalue weighted by Crippen LogP contribution is -2.08. The first kappa shape index (κ1) is 14.0. The minimum absolute atomic E-state index is 0.441. The van der Waals surface area contributed by atoms with Crippen LogP contribution in [0.15, 0.2) is 47.3 Å². The van der Waals surface area contributed by atoms with Crippen LogP contribution in [0.4, 0.5) is 0 Å². The summed E-state index contributed by atoms with van der Waals surface area (Å²) >= 11 is 3.45. The van der Waals surface area contributed by atoms with E-state index in [1.54, 1.807) is 0 Å². The second-order valence-electron chi connectivity index (χ2n) is 4.43. The molecule has 2 aromatic heterocycles. The minimum Gasteiger partial charge on any atom is -0.475 e. The van der Waals surface area contributed by atoms with Crippen molar-refractivity contribution >= 4 is 27.0 Å². The zero-order chi connectivity index (χ0) is 14.5. The number of ether oxygens (including phenoxy) is 2. The monoisotopic (exact) mass is 347 g/mol. The normalized spacial score (nSPS) is 10.9. The van der Waals surface area contributed by atoms with Crippen molar-refractivity contribution in [3.63, 3.8) is 0 Å². The van der Waals surface area contributed by atoms with E-state index in [0.717, 1.165) is 21.1 Å². The Kier molecular flexibility index (Phi) is 4.47. The highest BCUT2D eigenvalue weighted by Crippen LogP contribution is 2.28. The summed E-state index contributed by atoms with van der Waals surface area (Å²) in [7, 11) is 0. The number of rotatable bonds is 6. The molecule has 108 valence electrons. The Morgan fingerprint density at radius 1 is 1.10 bits per heavy atom. The van der Waals surface area contributed by atoms with E-state index < -0.39 is 0 Å². The average molecular weight is 348 g/mol. The Labute approximate surface area is 130 Å². The number of nitrogens with zero attached hydrogens (tertiary/aromatic N) is 2. The standard InChI is InChI=1S/C15H14BrN3O2/c16-12-8-17-14-13(12)15(19-10-18-14)21-7-6-20-9-11-4-2-1-3-5-11/h1-5,8,10H,6-7,9H2,(H,17,18,19). The molecule has 0 amide bonds. The van der Waals surface area contributed by atoms with E-state index in [2.05, 4.69) is 30.9 Å². The number of aromatic nitrogens is 3. The number of hydrogen-bond donors (Lipinski definition) is 1. The zero-order valence-electron chi connectivity index (χ0n) is 11.3. The molecule has 0 aliphatic rings.